The zero-order chi connectivity index (χ0) is 10.3. The highest BCUT2D eigenvalue weighted by molar-refractivity contribution is 8.01. The average molecular weight is 204 g/mol. The van der Waals surface area contributed by atoms with E-state index in [1.54, 1.807) is 11.8 Å². The molecular formula is C10H20O2S. The van der Waals surface area contributed by atoms with Gasteiger partial charge in [0, 0.05) is 0 Å². The molecule has 0 fully saturated rings. The summed E-state index contributed by atoms with van der Waals surface area (Å²) in [5.41, 5.74) is 0. The Morgan fingerprint density at radius 1 is 1.46 bits per heavy atom. The fourth-order valence-electron chi connectivity index (χ4n) is 1.09. The lowest BCUT2D eigenvalue weighted by Gasteiger charge is -2.15. The summed E-state index contributed by atoms with van der Waals surface area (Å²) in [5, 5.41) is 0.519. The van der Waals surface area contributed by atoms with E-state index in [9.17, 15) is 4.79 Å². The van der Waals surface area contributed by atoms with Crippen LogP contribution in [0.25, 0.3) is 0 Å². The van der Waals surface area contributed by atoms with Gasteiger partial charge in [-0.05, 0) is 11.7 Å². The van der Waals surface area contributed by atoms with Crippen molar-refractivity contribution in [1.29, 1.82) is 0 Å². The van der Waals surface area contributed by atoms with Crippen molar-refractivity contribution in [3.8, 4) is 0 Å². The molecule has 0 aliphatic heterocycles. The number of rotatable bonds is 6. The molecule has 0 saturated carbocycles. The molecule has 2 nitrogen and oxygen atoms in total. The Balaban J connectivity index is 3.94. The molecule has 0 aromatic carbocycles. The Hall–Kier alpha value is -0.180. The predicted molar refractivity (Wildman–Crippen MR) is 58.1 cm³/mol. The molecule has 0 aliphatic carbocycles. The molecule has 0 bridgehead atoms. The van der Waals surface area contributed by atoms with Crippen LogP contribution in [0, 0.1) is 0 Å². The molecule has 0 radical (unpaired) electrons. The van der Waals surface area contributed by atoms with Gasteiger partial charge in [0.15, 0.2) is 0 Å². The number of hydrogen-bond donors (Lipinski definition) is 0. The minimum Gasteiger partial charge on any atom is -0.468 e. The zero-order valence-electron chi connectivity index (χ0n) is 9.00. The van der Waals surface area contributed by atoms with Crippen LogP contribution >= 0.6 is 11.8 Å². The molecule has 78 valence electrons. The van der Waals surface area contributed by atoms with Crippen molar-refractivity contribution in [3.05, 3.63) is 0 Å². The van der Waals surface area contributed by atoms with Crippen molar-refractivity contribution in [2.45, 2.75) is 50.5 Å². The topological polar surface area (TPSA) is 26.3 Å². The first-order valence-corrected chi connectivity index (χ1v) is 5.79. The summed E-state index contributed by atoms with van der Waals surface area (Å²) in [4.78, 5) is 11.3. The van der Waals surface area contributed by atoms with Crippen LogP contribution < -0.4 is 0 Å². The Labute approximate surface area is 85.4 Å². The summed E-state index contributed by atoms with van der Waals surface area (Å²) in [5.74, 6) is -0.0767. The number of esters is 1. The van der Waals surface area contributed by atoms with Crippen LogP contribution in [0.4, 0.5) is 0 Å². The molecule has 1 atom stereocenters. The second-order valence-corrected chi connectivity index (χ2v) is 5.12. The van der Waals surface area contributed by atoms with E-state index in [4.69, 9.17) is 4.74 Å². The third kappa shape index (κ3) is 5.97. The molecule has 3 heteroatoms. The van der Waals surface area contributed by atoms with E-state index in [0.29, 0.717) is 5.25 Å². The van der Waals surface area contributed by atoms with Gasteiger partial charge >= 0.3 is 5.97 Å². The third-order valence-electron chi connectivity index (χ3n) is 1.72. The van der Waals surface area contributed by atoms with Crippen LogP contribution in [0.5, 0.6) is 0 Å². The van der Waals surface area contributed by atoms with Crippen molar-refractivity contribution in [1.82, 2.24) is 0 Å². The van der Waals surface area contributed by atoms with Crippen LogP contribution in [-0.4, -0.2) is 23.6 Å². The van der Waals surface area contributed by atoms with Gasteiger partial charge in [-0.2, -0.15) is 0 Å². The standard InChI is InChI=1S/C10H20O2S/c1-5-6-7-9(10(11)12-4)13-8(2)3/h8-9H,5-7H2,1-4H3. The van der Waals surface area contributed by atoms with Gasteiger partial charge in [0.1, 0.15) is 5.25 Å². The maximum atomic E-state index is 11.3. The Morgan fingerprint density at radius 3 is 2.46 bits per heavy atom. The first kappa shape index (κ1) is 12.8. The highest BCUT2D eigenvalue weighted by Crippen LogP contribution is 2.22. The lowest BCUT2D eigenvalue weighted by atomic mass is 10.2. The van der Waals surface area contributed by atoms with Crippen LogP contribution in [0.1, 0.15) is 40.0 Å². The molecule has 13 heavy (non-hydrogen) atoms. The van der Waals surface area contributed by atoms with Crippen molar-refractivity contribution in [2.75, 3.05) is 7.11 Å². The number of unbranched alkanes of at least 4 members (excludes halogenated alkanes) is 1. The van der Waals surface area contributed by atoms with Crippen molar-refractivity contribution in [3.63, 3.8) is 0 Å². The zero-order valence-corrected chi connectivity index (χ0v) is 9.82. The van der Waals surface area contributed by atoms with Gasteiger partial charge in [-0.3, -0.25) is 4.79 Å². The summed E-state index contributed by atoms with van der Waals surface area (Å²) in [6, 6.07) is 0. The smallest absolute Gasteiger partial charge is 0.318 e. The van der Waals surface area contributed by atoms with Gasteiger partial charge < -0.3 is 4.74 Å². The van der Waals surface area contributed by atoms with E-state index >= 15 is 0 Å². The van der Waals surface area contributed by atoms with E-state index in [0.717, 1.165) is 19.3 Å². The first-order valence-electron chi connectivity index (χ1n) is 4.85. The molecule has 0 spiro atoms. The normalized spacial score (nSPS) is 13.0. The fourth-order valence-corrected chi connectivity index (χ4v) is 2.26. The molecule has 1 unspecified atom stereocenters. The highest BCUT2D eigenvalue weighted by atomic mass is 32.2. The SMILES string of the molecule is CCCCC(SC(C)C)C(=O)OC. The molecule has 0 aromatic rings. The summed E-state index contributed by atoms with van der Waals surface area (Å²) in [6.07, 6.45) is 3.16. The lowest BCUT2D eigenvalue weighted by Crippen LogP contribution is -2.20. The van der Waals surface area contributed by atoms with E-state index in [1.165, 1.54) is 7.11 Å². The van der Waals surface area contributed by atoms with Crippen LogP contribution in [-0.2, 0) is 9.53 Å². The van der Waals surface area contributed by atoms with Gasteiger partial charge in [-0.25, -0.2) is 0 Å². The Kier molecular flexibility index (Phi) is 7.14. The van der Waals surface area contributed by atoms with Gasteiger partial charge in [-0.1, -0.05) is 33.6 Å². The first-order chi connectivity index (χ1) is 6.11. The number of hydrogen-bond acceptors (Lipinski definition) is 3. The van der Waals surface area contributed by atoms with Gasteiger partial charge in [0.05, 0.1) is 7.11 Å². The van der Waals surface area contributed by atoms with E-state index in [2.05, 4.69) is 20.8 Å². The summed E-state index contributed by atoms with van der Waals surface area (Å²) >= 11 is 1.70. The number of carbonyl (C=O) groups excluding carboxylic acids is 1. The average Bonchev–Trinajstić information content (AvgIpc) is 2.10. The van der Waals surface area contributed by atoms with E-state index < -0.39 is 0 Å². The molecule has 0 saturated heterocycles. The molecular weight excluding hydrogens is 184 g/mol. The quantitative estimate of drug-likeness (QED) is 0.622. The molecule has 0 N–H and O–H groups in total. The van der Waals surface area contributed by atoms with Crippen molar-refractivity contribution < 1.29 is 9.53 Å². The van der Waals surface area contributed by atoms with Gasteiger partial charge in [0.25, 0.3) is 0 Å². The molecule has 0 aliphatic rings. The molecule has 0 rings (SSSR count). The fraction of sp³-hybridized carbons (Fsp3) is 0.900. The van der Waals surface area contributed by atoms with Crippen LogP contribution in [0.2, 0.25) is 0 Å². The summed E-state index contributed by atoms with van der Waals surface area (Å²) in [6.45, 7) is 6.34. The van der Waals surface area contributed by atoms with Crippen LogP contribution in [0.15, 0.2) is 0 Å². The van der Waals surface area contributed by atoms with E-state index in [1.807, 2.05) is 0 Å². The summed E-state index contributed by atoms with van der Waals surface area (Å²) < 4.78 is 4.75. The maximum Gasteiger partial charge on any atom is 0.318 e. The van der Waals surface area contributed by atoms with Gasteiger partial charge in [-0.15, -0.1) is 11.8 Å². The second kappa shape index (κ2) is 7.25. The largest absolute Gasteiger partial charge is 0.468 e. The number of ether oxygens (including phenoxy) is 1. The Bertz CT molecular complexity index is 146. The summed E-state index contributed by atoms with van der Waals surface area (Å²) in [7, 11) is 1.46. The molecule has 0 aromatic heterocycles. The van der Waals surface area contributed by atoms with Gasteiger partial charge in [0.2, 0.25) is 0 Å². The minimum absolute atomic E-state index is 0.0324. The number of carbonyl (C=O) groups is 1. The molecule has 0 amide bonds. The van der Waals surface area contributed by atoms with Crippen LogP contribution in [0.3, 0.4) is 0 Å². The number of methoxy groups -OCH3 is 1. The predicted octanol–water partition coefficient (Wildman–Crippen LogP) is 2.86. The number of thioether (sulfide) groups is 1. The minimum atomic E-state index is -0.0767. The Morgan fingerprint density at radius 2 is 2.08 bits per heavy atom. The third-order valence-corrected chi connectivity index (χ3v) is 3.02. The highest BCUT2D eigenvalue weighted by Gasteiger charge is 2.19. The lowest BCUT2D eigenvalue weighted by molar-refractivity contribution is -0.140. The molecule has 0 heterocycles. The van der Waals surface area contributed by atoms with E-state index in [-0.39, 0.29) is 11.2 Å². The maximum absolute atomic E-state index is 11.3. The monoisotopic (exact) mass is 204 g/mol. The second-order valence-electron chi connectivity index (χ2n) is 3.34. The van der Waals surface area contributed by atoms with Crippen molar-refractivity contribution >= 4 is 17.7 Å². The van der Waals surface area contributed by atoms with Crippen molar-refractivity contribution in [2.24, 2.45) is 0 Å².